The predicted molar refractivity (Wildman–Crippen MR) is 107 cm³/mol. The second kappa shape index (κ2) is 11.6. The fourth-order valence-corrected chi connectivity index (χ4v) is 2.54. The summed E-state index contributed by atoms with van der Waals surface area (Å²) in [4.78, 5) is 46.9. The highest BCUT2D eigenvalue weighted by atomic mass is 16.4. The van der Waals surface area contributed by atoms with Gasteiger partial charge >= 0.3 is 5.97 Å². The van der Waals surface area contributed by atoms with Gasteiger partial charge in [-0.2, -0.15) is 0 Å². The molecule has 1 rings (SSSR count). The third-order valence-electron chi connectivity index (χ3n) is 4.14. The maximum atomic E-state index is 12.6. The number of amides is 2. The van der Waals surface area contributed by atoms with Crippen molar-refractivity contribution in [3.05, 3.63) is 18.2 Å². The predicted octanol–water partition coefficient (Wildman–Crippen LogP) is -1.96. The van der Waals surface area contributed by atoms with E-state index in [4.69, 9.17) is 17.2 Å². The largest absolute Gasteiger partial charge is 0.480 e. The normalized spacial score (nSPS) is 13.9. The van der Waals surface area contributed by atoms with E-state index in [1.807, 2.05) is 0 Å². The van der Waals surface area contributed by atoms with E-state index in [0.29, 0.717) is 12.1 Å². The van der Waals surface area contributed by atoms with Crippen LogP contribution >= 0.6 is 0 Å². The lowest BCUT2D eigenvalue weighted by Crippen LogP contribution is -2.56. The van der Waals surface area contributed by atoms with Crippen LogP contribution in [-0.2, 0) is 20.8 Å². The molecule has 0 unspecified atom stereocenters. The Balaban J connectivity index is 2.67. The molecule has 162 valence electrons. The Kier molecular flexibility index (Phi) is 9.59. The molecule has 0 aliphatic rings. The van der Waals surface area contributed by atoms with E-state index < -0.39 is 35.9 Å². The van der Waals surface area contributed by atoms with Gasteiger partial charge in [0, 0.05) is 24.9 Å². The molecule has 0 aromatic carbocycles. The standard InChI is InChI=1S/C17H30N8O4/c1-9(2)13(25-14(26)11(18)6-10-7-21-8-23-10)15(27)24-12(16(28)29)4-3-5-22-17(19)20/h7-9,11-13H,3-6,18H2,1-2H3,(H,21,23)(H,24,27)(H,25,26)(H,28,29)(H4,19,20,22)/t11-,12-,13-/m0/s1. The van der Waals surface area contributed by atoms with Crippen molar-refractivity contribution >= 4 is 23.7 Å². The van der Waals surface area contributed by atoms with E-state index in [1.165, 1.54) is 6.33 Å². The van der Waals surface area contributed by atoms with Crippen molar-refractivity contribution in [3.8, 4) is 0 Å². The van der Waals surface area contributed by atoms with Gasteiger partial charge in [-0.05, 0) is 18.8 Å². The number of aromatic amines is 1. The zero-order valence-electron chi connectivity index (χ0n) is 16.6. The lowest BCUT2D eigenvalue weighted by molar-refractivity contribution is -0.142. The molecule has 1 aromatic heterocycles. The first-order valence-electron chi connectivity index (χ1n) is 9.23. The molecule has 0 spiro atoms. The van der Waals surface area contributed by atoms with Gasteiger partial charge in [-0.1, -0.05) is 13.8 Å². The highest BCUT2D eigenvalue weighted by molar-refractivity contribution is 5.92. The number of nitrogens with two attached hydrogens (primary N) is 3. The zero-order valence-corrected chi connectivity index (χ0v) is 16.6. The third-order valence-corrected chi connectivity index (χ3v) is 4.14. The number of carbonyl (C=O) groups excluding carboxylic acids is 2. The number of aromatic nitrogens is 2. The number of nitrogens with one attached hydrogen (secondary N) is 3. The number of carboxylic acids is 1. The summed E-state index contributed by atoms with van der Waals surface area (Å²) < 4.78 is 0. The smallest absolute Gasteiger partial charge is 0.326 e. The number of aliphatic carboxylic acids is 1. The molecule has 0 saturated heterocycles. The van der Waals surface area contributed by atoms with E-state index in [-0.39, 0.29) is 31.3 Å². The van der Waals surface area contributed by atoms with Gasteiger partial charge in [0.25, 0.3) is 0 Å². The zero-order chi connectivity index (χ0) is 22.0. The molecular formula is C17H30N8O4. The van der Waals surface area contributed by atoms with Crippen molar-refractivity contribution in [1.82, 2.24) is 20.6 Å². The van der Waals surface area contributed by atoms with Crippen LogP contribution in [0.3, 0.4) is 0 Å². The molecule has 29 heavy (non-hydrogen) atoms. The molecule has 10 N–H and O–H groups in total. The molecule has 0 radical (unpaired) electrons. The number of nitrogens with zero attached hydrogens (tertiary/aromatic N) is 2. The second-order valence-electron chi connectivity index (χ2n) is 6.97. The number of carboxylic acid groups (broad SMARTS) is 1. The molecule has 1 aromatic rings. The Morgan fingerprint density at radius 3 is 2.45 bits per heavy atom. The van der Waals surface area contributed by atoms with Crippen molar-refractivity contribution in [2.45, 2.75) is 51.2 Å². The molecule has 12 heteroatoms. The summed E-state index contributed by atoms with van der Waals surface area (Å²) in [6, 6.07) is -2.96. The molecule has 2 amide bonds. The number of guanidine groups is 1. The minimum Gasteiger partial charge on any atom is -0.480 e. The van der Waals surface area contributed by atoms with Crippen molar-refractivity contribution in [2.75, 3.05) is 6.54 Å². The molecule has 0 aliphatic carbocycles. The van der Waals surface area contributed by atoms with Gasteiger partial charge < -0.3 is 37.9 Å². The maximum absolute atomic E-state index is 12.6. The highest BCUT2D eigenvalue weighted by Gasteiger charge is 2.29. The van der Waals surface area contributed by atoms with Crippen molar-refractivity contribution in [1.29, 1.82) is 0 Å². The third kappa shape index (κ3) is 8.60. The van der Waals surface area contributed by atoms with Gasteiger partial charge in [-0.3, -0.25) is 14.6 Å². The lowest BCUT2D eigenvalue weighted by Gasteiger charge is -2.25. The van der Waals surface area contributed by atoms with Crippen LogP contribution < -0.4 is 27.8 Å². The highest BCUT2D eigenvalue weighted by Crippen LogP contribution is 2.06. The van der Waals surface area contributed by atoms with E-state index in [9.17, 15) is 19.5 Å². The molecule has 0 aliphatic heterocycles. The van der Waals surface area contributed by atoms with Crippen LogP contribution in [0, 0.1) is 5.92 Å². The number of rotatable bonds is 12. The summed E-state index contributed by atoms with van der Waals surface area (Å²) in [5.41, 5.74) is 17.0. The van der Waals surface area contributed by atoms with Gasteiger partial charge in [0.05, 0.1) is 12.4 Å². The van der Waals surface area contributed by atoms with Gasteiger partial charge in [0.2, 0.25) is 11.8 Å². The average molecular weight is 410 g/mol. The van der Waals surface area contributed by atoms with Crippen LogP contribution in [0.1, 0.15) is 32.4 Å². The molecule has 3 atom stereocenters. The number of hydrogen-bond acceptors (Lipinski definition) is 6. The summed E-state index contributed by atoms with van der Waals surface area (Å²) in [6.07, 6.45) is 3.75. The molecule has 0 fully saturated rings. The number of aliphatic imine (C=N–C) groups is 1. The van der Waals surface area contributed by atoms with Crippen LogP contribution in [0.25, 0.3) is 0 Å². The minimum absolute atomic E-state index is 0.0880. The first-order chi connectivity index (χ1) is 13.6. The number of imidazole rings is 1. The Morgan fingerprint density at radius 1 is 1.24 bits per heavy atom. The van der Waals surface area contributed by atoms with Gasteiger partial charge in [0.15, 0.2) is 5.96 Å². The summed E-state index contributed by atoms with van der Waals surface area (Å²) in [6.45, 7) is 3.72. The Hall–Kier alpha value is -3.15. The topological polar surface area (TPSA) is 215 Å². The number of H-pyrrole nitrogens is 1. The summed E-state index contributed by atoms with van der Waals surface area (Å²) in [7, 11) is 0. The Morgan fingerprint density at radius 2 is 1.93 bits per heavy atom. The second-order valence-corrected chi connectivity index (χ2v) is 6.97. The summed E-state index contributed by atoms with van der Waals surface area (Å²) in [5.74, 6) is -2.68. The number of hydrogen-bond donors (Lipinski definition) is 7. The van der Waals surface area contributed by atoms with Gasteiger partial charge in [-0.15, -0.1) is 0 Å². The minimum atomic E-state index is -1.19. The maximum Gasteiger partial charge on any atom is 0.326 e. The first-order valence-corrected chi connectivity index (χ1v) is 9.23. The molecular weight excluding hydrogens is 380 g/mol. The van der Waals surface area contributed by atoms with Crippen LogP contribution in [-0.4, -0.2) is 63.5 Å². The first kappa shape index (κ1) is 23.9. The van der Waals surface area contributed by atoms with E-state index in [0.717, 1.165) is 0 Å². The van der Waals surface area contributed by atoms with Crippen LogP contribution in [0.15, 0.2) is 17.5 Å². The molecule has 12 nitrogen and oxygen atoms in total. The van der Waals surface area contributed by atoms with Gasteiger partial charge in [0.1, 0.15) is 12.1 Å². The Bertz CT molecular complexity index is 700. The molecule has 0 saturated carbocycles. The molecule has 0 bridgehead atoms. The van der Waals surface area contributed by atoms with Crippen LogP contribution in [0.2, 0.25) is 0 Å². The van der Waals surface area contributed by atoms with Crippen molar-refractivity contribution < 1.29 is 19.5 Å². The van der Waals surface area contributed by atoms with Crippen LogP contribution in [0.5, 0.6) is 0 Å². The van der Waals surface area contributed by atoms with E-state index in [2.05, 4.69) is 25.6 Å². The lowest BCUT2D eigenvalue weighted by atomic mass is 10.0. The number of carbonyl (C=O) groups is 3. The van der Waals surface area contributed by atoms with E-state index >= 15 is 0 Å². The summed E-state index contributed by atoms with van der Waals surface area (Å²) in [5, 5.41) is 14.4. The fourth-order valence-electron chi connectivity index (χ4n) is 2.54. The van der Waals surface area contributed by atoms with Crippen molar-refractivity contribution in [3.63, 3.8) is 0 Å². The summed E-state index contributed by atoms with van der Waals surface area (Å²) >= 11 is 0. The molecule has 1 heterocycles. The SMILES string of the molecule is CC(C)[C@H](NC(=O)[C@@H](N)Cc1cnc[nH]1)C(=O)N[C@@H](CCCN=C(N)N)C(=O)O. The van der Waals surface area contributed by atoms with Gasteiger partial charge in [-0.25, -0.2) is 9.78 Å². The Labute approximate surface area is 168 Å². The van der Waals surface area contributed by atoms with Crippen LogP contribution in [0.4, 0.5) is 0 Å². The average Bonchev–Trinajstić information content (AvgIpc) is 3.13. The quantitative estimate of drug-likeness (QED) is 0.116. The fraction of sp³-hybridized carbons (Fsp3) is 0.588. The van der Waals surface area contributed by atoms with Crippen molar-refractivity contribution in [2.24, 2.45) is 28.1 Å². The van der Waals surface area contributed by atoms with E-state index in [1.54, 1.807) is 20.0 Å². The monoisotopic (exact) mass is 410 g/mol.